The maximum atomic E-state index is 5.70. The van der Waals surface area contributed by atoms with Gasteiger partial charge in [0, 0.05) is 10.9 Å². The summed E-state index contributed by atoms with van der Waals surface area (Å²) in [6.45, 7) is 2.02. The number of rotatable bonds is 7. The lowest BCUT2D eigenvalue weighted by Gasteiger charge is -2.21. The minimum atomic E-state index is 0.282. The summed E-state index contributed by atoms with van der Waals surface area (Å²) in [6.07, 6.45) is 2.38. The van der Waals surface area contributed by atoms with Gasteiger partial charge in [-0.15, -0.1) is 11.3 Å². The number of benzene rings is 1. The highest BCUT2D eigenvalue weighted by Crippen LogP contribution is 2.35. The van der Waals surface area contributed by atoms with Gasteiger partial charge >= 0.3 is 0 Å². The Balaban J connectivity index is 1.34. The van der Waals surface area contributed by atoms with Gasteiger partial charge in [0.05, 0.1) is 13.7 Å². The molecule has 1 saturated heterocycles. The van der Waals surface area contributed by atoms with Crippen LogP contribution in [0, 0.1) is 0 Å². The van der Waals surface area contributed by atoms with E-state index in [1.807, 2.05) is 35.6 Å². The van der Waals surface area contributed by atoms with Crippen LogP contribution in [0.2, 0.25) is 0 Å². The summed E-state index contributed by atoms with van der Waals surface area (Å²) in [5, 5.41) is 6.17. The first-order valence-electron chi connectivity index (χ1n) is 8.67. The molecule has 6 nitrogen and oxygen atoms in total. The molecule has 1 aromatic carbocycles. The van der Waals surface area contributed by atoms with Crippen LogP contribution in [0.25, 0.3) is 0 Å². The minimum Gasteiger partial charge on any atom is -0.497 e. The number of ether oxygens (including phenoxy) is 2. The lowest BCUT2D eigenvalue weighted by atomic mass is 10.2. The molecule has 1 aliphatic heterocycles. The molecular weight excluding hydrogens is 350 g/mol. The van der Waals surface area contributed by atoms with Crippen LogP contribution in [-0.4, -0.2) is 28.7 Å². The molecule has 0 bridgehead atoms. The summed E-state index contributed by atoms with van der Waals surface area (Å²) >= 11 is 1.81. The topological polar surface area (TPSA) is 60.6 Å². The van der Waals surface area contributed by atoms with Gasteiger partial charge in [-0.05, 0) is 55.1 Å². The minimum absolute atomic E-state index is 0.282. The van der Waals surface area contributed by atoms with Gasteiger partial charge in [-0.1, -0.05) is 11.2 Å². The van der Waals surface area contributed by atoms with Crippen LogP contribution in [0.4, 0.5) is 0 Å². The van der Waals surface area contributed by atoms with Crippen molar-refractivity contribution < 1.29 is 14.0 Å². The van der Waals surface area contributed by atoms with Gasteiger partial charge in [-0.25, -0.2) is 0 Å². The summed E-state index contributed by atoms with van der Waals surface area (Å²) in [7, 11) is 1.64. The molecule has 3 aromatic rings. The summed E-state index contributed by atoms with van der Waals surface area (Å²) in [6, 6.07) is 12.2. The van der Waals surface area contributed by atoms with Gasteiger partial charge in [0.2, 0.25) is 11.7 Å². The number of nitrogens with zero attached hydrogens (tertiary/aromatic N) is 3. The number of likely N-dealkylation sites (tertiary alicyclic amines) is 1. The zero-order valence-corrected chi connectivity index (χ0v) is 15.4. The predicted molar refractivity (Wildman–Crippen MR) is 98.3 cm³/mol. The Morgan fingerprint density at radius 3 is 2.85 bits per heavy atom. The van der Waals surface area contributed by atoms with Crippen molar-refractivity contribution in [2.24, 2.45) is 0 Å². The van der Waals surface area contributed by atoms with E-state index in [9.17, 15) is 0 Å². The van der Waals surface area contributed by atoms with Crippen molar-refractivity contribution in [1.29, 1.82) is 0 Å². The molecular formula is C19H21N3O3S. The fourth-order valence-electron chi connectivity index (χ4n) is 3.23. The van der Waals surface area contributed by atoms with Gasteiger partial charge in [-0.3, -0.25) is 4.90 Å². The third kappa shape index (κ3) is 3.89. The highest BCUT2D eigenvalue weighted by atomic mass is 32.1. The van der Waals surface area contributed by atoms with Crippen molar-refractivity contribution in [2.45, 2.75) is 32.0 Å². The maximum Gasteiger partial charge on any atom is 0.240 e. The Hall–Kier alpha value is -2.38. The van der Waals surface area contributed by atoms with Crippen LogP contribution in [-0.2, 0) is 13.2 Å². The Labute approximate surface area is 156 Å². The zero-order valence-electron chi connectivity index (χ0n) is 14.6. The van der Waals surface area contributed by atoms with Crippen LogP contribution in [0.5, 0.6) is 11.5 Å². The van der Waals surface area contributed by atoms with E-state index in [-0.39, 0.29) is 6.61 Å². The van der Waals surface area contributed by atoms with Crippen LogP contribution < -0.4 is 9.47 Å². The molecule has 1 fully saturated rings. The van der Waals surface area contributed by atoms with E-state index >= 15 is 0 Å². The average molecular weight is 371 g/mol. The molecule has 1 unspecified atom stereocenters. The summed E-state index contributed by atoms with van der Waals surface area (Å²) in [4.78, 5) is 8.29. The number of hydrogen-bond donors (Lipinski definition) is 0. The highest BCUT2D eigenvalue weighted by molar-refractivity contribution is 7.10. The molecule has 2 aromatic heterocycles. The molecule has 0 radical (unpaired) electrons. The van der Waals surface area contributed by atoms with Crippen LogP contribution in [0.15, 0.2) is 46.3 Å². The second kappa shape index (κ2) is 7.88. The molecule has 0 N–H and O–H groups in total. The van der Waals surface area contributed by atoms with E-state index in [1.54, 1.807) is 7.11 Å². The molecule has 1 aliphatic rings. The second-order valence-electron chi connectivity index (χ2n) is 6.21. The van der Waals surface area contributed by atoms with Gasteiger partial charge < -0.3 is 14.0 Å². The van der Waals surface area contributed by atoms with Crippen molar-refractivity contribution in [3.05, 3.63) is 58.4 Å². The van der Waals surface area contributed by atoms with Crippen LogP contribution >= 0.6 is 11.3 Å². The number of thiophene rings is 1. The fraction of sp³-hybridized carbons (Fsp3) is 0.368. The summed E-state index contributed by atoms with van der Waals surface area (Å²) in [5.74, 6) is 2.74. The lowest BCUT2D eigenvalue weighted by Crippen LogP contribution is -2.22. The van der Waals surface area contributed by atoms with Gasteiger partial charge in [-0.2, -0.15) is 4.98 Å². The van der Waals surface area contributed by atoms with E-state index in [0.29, 0.717) is 24.3 Å². The van der Waals surface area contributed by atoms with Crippen LogP contribution in [0.1, 0.15) is 35.5 Å². The van der Waals surface area contributed by atoms with Gasteiger partial charge in [0.25, 0.3) is 0 Å². The van der Waals surface area contributed by atoms with Crippen molar-refractivity contribution in [3.63, 3.8) is 0 Å². The maximum absolute atomic E-state index is 5.70. The van der Waals surface area contributed by atoms with E-state index < -0.39 is 0 Å². The average Bonchev–Trinajstić information content (AvgIpc) is 3.42. The van der Waals surface area contributed by atoms with Gasteiger partial charge in [0.15, 0.2) is 6.61 Å². The van der Waals surface area contributed by atoms with Crippen molar-refractivity contribution in [2.75, 3.05) is 13.7 Å². The molecule has 0 saturated carbocycles. The number of hydrogen-bond acceptors (Lipinski definition) is 7. The Morgan fingerprint density at radius 1 is 1.23 bits per heavy atom. The quantitative estimate of drug-likeness (QED) is 0.624. The Kier molecular flexibility index (Phi) is 5.17. The first kappa shape index (κ1) is 17.1. The number of aromatic nitrogens is 2. The number of methoxy groups -OCH3 is 1. The first-order valence-corrected chi connectivity index (χ1v) is 9.55. The highest BCUT2D eigenvalue weighted by Gasteiger charge is 2.28. The Bertz CT molecular complexity index is 817. The van der Waals surface area contributed by atoms with Crippen molar-refractivity contribution in [1.82, 2.24) is 15.0 Å². The van der Waals surface area contributed by atoms with E-state index in [0.717, 1.165) is 18.0 Å². The normalized spacial score (nSPS) is 17.5. The molecule has 4 rings (SSSR count). The summed E-state index contributed by atoms with van der Waals surface area (Å²) < 4.78 is 16.3. The van der Waals surface area contributed by atoms with E-state index in [2.05, 4.69) is 32.6 Å². The Morgan fingerprint density at radius 2 is 2.08 bits per heavy atom. The SMILES string of the molecule is COc1ccc(OCc2noc(CN3CCCC3c3cccs3)n2)cc1. The lowest BCUT2D eigenvalue weighted by molar-refractivity contribution is 0.214. The zero-order chi connectivity index (χ0) is 17.8. The predicted octanol–water partition coefficient (Wildman–Crippen LogP) is 4.06. The molecule has 7 heteroatoms. The third-order valence-corrected chi connectivity index (χ3v) is 5.48. The second-order valence-corrected chi connectivity index (χ2v) is 7.19. The smallest absolute Gasteiger partial charge is 0.240 e. The van der Waals surface area contributed by atoms with Gasteiger partial charge in [0.1, 0.15) is 11.5 Å². The first-order chi connectivity index (χ1) is 12.8. The molecule has 3 heterocycles. The molecule has 26 heavy (non-hydrogen) atoms. The standard InChI is InChI=1S/C19H21N3O3S/c1-23-14-6-8-15(9-7-14)24-13-18-20-19(25-21-18)12-22-10-2-4-16(22)17-5-3-11-26-17/h3,5-9,11,16H,2,4,10,12-13H2,1H3. The fourth-order valence-corrected chi connectivity index (χ4v) is 4.12. The van der Waals surface area contributed by atoms with E-state index in [1.165, 1.54) is 17.7 Å². The molecule has 1 atom stereocenters. The molecule has 0 aliphatic carbocycles. The monoisotopic (exact) mass is 371 g/mol. The molecule has 0 amide bonds. The van der Waals surface area contributed by atoms with Crippen LogP contribution in [0.3, 0.4) is 0 Å². The van der Waals surface area contributed by atoms with E-state index in [4.69, 9.17) is 14.0 Å². The van der Waals surface area contributed by atoms with Crippen molar-refractivity contribution in [3.8, 4) is 11.5 Å². The molecule has 0 spiro atoms. The molecule has 136 valence electrons. The summed E-state index contributed by atoms with van der Waals surface area (Å²) in [5.41, 5.74) is 0. The third-order valence-electron chi connectivity index (χ3n) is 4.51. The largest absolute Gasteiger partial charge is 0.497 e. The van der Waals surface area contributed by atoms with Crippen molar-refractivity contribution >= 4 is 11.3 Å².